The van der Waals surface area contributed by atoms with Crippen LogP contribution in [0.1, 0.15) is 22.3 Å². The largest absolute Gasteiger partial charge is 0.493 e. The van der Waals surface area contributed by atoms with Gasteiger partial charge in [-0.1, -0.05) is 0 Å². The third-order valence-electron chi connectivity index (χ3n) is 6.05. The smallest absolute Gasteiger partial charge is 0.259 e. The van der Waals surface area contributed by atoms with Crippen LogP contribution in [0.25, 0.3) is 22.0 Å². The predicted octanol–water partition coefficient (Wildman–Crippen LogP) is 2.22. The van der Waals surface area contributed by atoms with Gasteiger partial charge in [-0.25, -0.2) is 0 Å². The van der Waals surface area contributed by atoms with Crippen molar-refractivity contribution in [2.75, 3.05) is 48.1 Å². The van der Waals surface area contributed by atoms with Crippen LogP contribution < -0.4 is 29.8 Å². The molecule has 9 nitrogen and oxygen atoms in total. The lowest BCUT2D eigenvalue weighted by molar-refractivity contribution is 0.104. The van der Waals surface area contributed by atoms with E-state index in [9.17, 15) is 9.59 Å². The van der Waals surface area contributed by atoms with Crippen LogP contribution >= 0.6 is 0 Å². The summed E-state index contributed by atoms with van der Waals surface area (Å²) in [6, 6.07) is 6.69. The van der Waals surface area contributed by atoms with E-state index < -0.39 is 0 Å². The zero-order valence-electron chi connectivity index (χ0n) is 19.7. The summed E-state index contributed by atoms with van der Waals surface area (Å²) in [7, 11) is 6.05. The standard InChI is InChI=1S/C25H28N2O7/c1-31-18-10-14-17(13-21(18)34-4)25(30)27(8-5-6-26-7-9-28)23-15-11-19(32-2)20(33-3)12-16(15)24(29)22(14)23/h10-13,26,28H,5-9H2,1-4H3. The van der Waals surface area contributed by atoms with E-state index in [0.29, 0.717) is 82.2 Å². The maximum Gasteiger partial charge on any atom is 0.259 e. The Morgan fingerprint density at radius 3 is 1.94 bits per heavy atom. The first-order chi connectivity index (χ1) is 16.5. The van der Waals surface area contributed by atoms with E-state index >= 15 is 0 Å². The number of ketones is 1. The number of nitrogens with zero attached hydrogens (tertiary/aromatic N) is 1. The molecule has 0 amide bonds. The average molecular weight is 469 g/mol. The molecule has 0 bridgehead atoms. The van der Waals surface area contributed by atoms with E-state index in [1.807, 2.05) is 0 Å². The molecule has 0 atom stereocenters. The van der Waals surface area contributed by atoms with Crippen molar-refractivity contribution in [2.24, 2.45) is 0 Å². The Morgan fingerprint density at radius 1 is 0.794 bits per heavy atom. The predicted molar refractivity (Wildman–Crippen MR) is 128 cm³/mol. The molecule has 0 saturated heterocycles. The Morgan fingerprint density at radius 2 is 1.35 bits per heavy atom. The maximum atomic E-state index is 13.7. The number of hydrogen-bond acceptors (Lipinski definition) is 8. The second kappa shape index (κ2) is 9.74. The van der Waals surface area contributed by atoms with Gasteiger partial charge in [-0.15, -0.1) is 0 Å². The normalized spacial score (nSPS) is 12.0. The Balaban J connectivity index is 2.00. The minimum atomic E-state index is -0.229. The van der Waals surface area contributed by atoms with Crippen LogP contribution in [0.5, 0.6) is 23.0 Å². The molecule has 0 saturated carbocycles. The molecule has 34 heavy (non-hydrogen) atoms. The third-order valence-corrected chi connectivity index (χ3v) is 6.05. The maximum absolute atomic E-state index is 13.7. The van der Waals surface area contributed by atoms with Gasteiger partial charge in [0.1, 0.15) is 0 Å². The lowest BCUT2D eigenvalue weighted by Gasteiger charge is -2.17. The Labute approximate surface area is 196 Å². The quantitative estimate of drug-likeness (QED) is 0.341. The van der Waals surface area contributed by atoms with Gasteiger partial charge >= 0.3 is 0 Å². The molecular weight excluding hydrogens is 440 g/mol. The molecule has 3 aromatic rings. The summed E-state index contributed by atoms with van der Waals surface area (Å²) in [5.74, 6) is 1.55. The zero-order valence-corrected chi connectivity index (χ0v) is 19.7. The van der Waals surface area contributed by atoms with Crippen molar-refractivity contribution in [1.82, 2.24) is 9.88 Å². The SMILES string of the molecule is COc1cc2c(cc1OC)-c1c(c3cc(OC)c(OC)cc3c(=O)n1CCCNCCO)C2=O. The number of ether oxygens (including phenoxy) is 4. The van der Waals surface area contributed by atoms with Crippen molar-refractivity contribution in [3.8, 4) is 34.3 Å². The number of aliphatic hydroxyl groups excluding tert-OH is 1. The van der Waals surface area contributed by atoms with Gasteiger partial charge in [0.25, 0.3) is 5.56 Å². The fourth-order valence-corrected chi connectivity index (χ4v) is 4.46. The van der Waals surface area contributed by atoms with E-state index in [1.165, 1.54) is 28.4 Å². The number of fused-ring (bicyclic) bond motifs is 5. The molecule has 0 aliphatic heterocycles. The molecule has 0 spiro atoms. The van der Waals surface area contributed by atoms with Crippen LogP contribution in [0.3, 0.4) is 0 Å². The summed E-state index contributed by atoms with van der Waals surface area (Å²) < 4.78 is 23.4. The Hall–Kier alpha value is -3.56. The lowest BCUT2D eigenvalue weighted by Crippen LogP contribution is -2.26. The van der Waals surface area contributed by atoms with E-state index in [-0.39, 0.29) is 17.9 Å². The first kappa shape index (κ1) is 23.6. The minimum absolute atomic E-state index is 0.0381. The molecule has 180 valence electrons. The van der Waals surface area contributed by atoms with Crippen LogP contribution in [0.2, 0.25) is 0 Å². The lowest BCUT2D eigenvalue weighted by atomic mass is 10.0. The molecule has 0 radical (unpaired) electrons. The van der Waals surface area contributed by atoms with Crippen LogP contribution in [0.4, 0.5) is 0 Å². The number of hydrogen-bond donors (Lipinski definition) is 2. The van der Waals surface area contributed by atoms with E-state index in [2.05, 4.69) is 5.32 Å². The highest BCUT2D eigenvalue weighted by Crippen LogP contribution is 2.45. The molecular formula is C25H28N2O7. The molecule has 1 aliphatic carbocycles. The molecule has 2 N–H and O–H groups in total. The third kappa shape index (κ3) is 3.76. The van der Waals surface area contributed by atoms with Crippen molar-refractivity contribution in [2.45, 2.75) is 13.0 Å². The van der Waals surface area contributed by atoms with E-state index in [1.54, 1.807) is 28.8 Å². The first-order valence-corrected chi connectivity index (χ1v) is 11.0. The minimum Gasteiger partial charge on any atom is -0.493 e. The number of aromatic nitrogens is 1. The summed E-state index contributed by atoms with van der Waals surface area (Å²) in [5.41, 5.74) is 1.82. The van der Waals surface area contributed by atoms with Crippen molar-refractivity contribution >= 4 is 16.6 Å². The number of pyridine rings is 1. The summed E-state index contributed by atoms with van der Waals surface area (Å²) >= 11 is 0. The van der Waals surface area contributed by atoms with Crippen LogP contribution in [0.15, 0.2) is 29.1 Å². The Bertz CT molecular complexity index is 1310. The number of aliphatic hydroxyl groups is 1. The summed E-state index contributed by atoms with van der Waals surface area (Å²) in [6.07, 6.45) is 0.627. The molecule has 1 aromatic heterocycles. The summed E-state index contributed by atoms with van der Waals surface area (Å²) in [4.78, 5) is 27.4. The number of methoxy groups -OCH3 is 4. The highest BCUT2D eigenvalue weighted by molar-refractivity contribution is 6.27. The van der Waals surface area contributed by atoms with Crippen molar-refractivity contribution in [1.29, 1.82) is 0 Å². The van der Waals surface area contributed by atoms with Gasteiger partial charge in [-0.05, 0) is 37.2 Å². The molecule has 4 rings (SSSR count). The van der Waals surface area contributed by atoms with Crippen LogP contribution in [-0.4, -0.2) is 63.6 Å². The van der Waals surface area contributed by atoms with Gasteiger partial charge in [-0.2, -0.15) is 0 Å². The molecule has 2 aromatic carbocycles. The fraction of sp³-hybridized carbons (Fsp3) is 0.360. The number of rotatable bonds is 10. The number of carbonyl (C=O) groups excluding carboxylic acids is 1. The zero-order chi connectivity index (χ0) is 24.4. The molecule has 1 aliphatic rings. The average Bonchev–Trinajstić information content (AvgIpc) is 3.15. The van der Waals surface area contributed by atoms with E-state index in [4.69, 9.17) is 24.1 Å². The van der Waals surface area contributed by atoms with Crippen LogP contribution in [0, 0.1) is 0 Å². The molecule has 0 unspecified atom stereocenters. The molecule has 1 heterocycles. The van der Waals surface area contributed by atoms with Gasteiger partial charge in [0.05, 0.1) is 51.7 Å². The van der Waals surface area contributed by atoms with Gasteiger partial charge in [-0.3, -0.25) is 9.59 Å². The van der Waals surface area contributed by atoms with Crippen molar-refractivity contribution < 1.29 is 28.8 Å². The fourth-order valence-electron chi connectivity index (χ4n) is 4.46. The summed E-state index contributed by atoms with van der Waals surface area (Å²) in [6.45, 7) is 1.50. The number of nitrogens with one attached hydrogen (secondary N) is 1. The number of benzene rings is 2. The second-order valence-corrected chi connectivity index (χ2v) is 7.84. The summed E-state index contributed by atoms with van der Waals surface area (Å²) in [5, 5.41) is 13.0. The number of carbonyl (C=O) groups is 1. The van der Waals surface area contributed by atoms with E-state index in [0.717, 1.165) is 0 Å². The molecule has 9 heteroatoms. The second-order valence-electron chi connectivity index (χ2n) is 7.84. The monoisotopic (exact) mass is 468 g/mol. The molecule has 0 fully saturated rings. The van der Waals surface area contributed by atoms with Gasteiger partial charge in [0, 0.05) is 29.6 Å². The topological polar surface area (TPSA) is 108 Å². The highest BCUT2D eigenvalue weighted by atomic mass is 16.5. The van der Waals surface area contributed by atoms with Gasteiger partial charge < -0.3 is 33.9 Å². The van der Waals surface area contributed by atoms with Crippen molar-refractivity contribution in [3.05, 3.63) is 45.7 Å². The highest BCUT2D eigenvalue weighted by Gasteiger charge is 2.34. The first-order valence-electron chi connectivity index (χ1n) is 11.0. The van der Waals surface area contributed by atoms with Gasteiger partial charge in [0.2, 0.25) is 0 Å². The van der Waals surface area contributed by atoms with Crippen molar-refractivity contribution in [3.63, 3.8) is 0 Å². The van der Waals surface area contributed by atoms with Gasteiger partial charge in [0.15, 0.2) is 28.8 Å². The Kier molecular flexibility index (Phi) is 6.76. The van der Waals surface area contributed by atoms with Crippen LogP contribution in [-0.2, 0) is 6.54 Å².